The van der Waals surface area contributed by atoms with E-state index in [4.69, 9.17) is 9.47 Å². The van der Waals surface area contributed by atoms with E-state index in [9.17, 15) is 14.4 Å². The van der Waals surface area contributed by atoms with Crippen molar-refractivity contribution in [3.63, 3.8) is 0 Å². The Labute approximate surface area is 214 Å². The van der Waals surface area contributed by atoms with Gasteiger partial charge in [-0.25, -0.2) is 0 Å². The van der Waals surface area contributed by atoms with Gasteiger partial charge in [0.1, 0.15) is 18.9 Å². The molecule has 0 spiro atoms. The summed E-state index contributed by atoms with van der Waals surface area (Å²) in [7, 11) is 0. The van der Waals surface area contributed by atoms with E-state index in [1.54, 1.807) is 19.9 Å². The molecule has 1 aliphatic rings. The maximum absolute atomic E-state index is 12.8. The third kappa shape index (κ3) is 5.71. The van der Waals surface area contributed by atoms with E-state index in [-0.39, 0.29) is 11.0 Å². The van der Waals surface area contributed by atoms with Crippen LogP contribution < -0.4 is 4.74 Å². The van der Waals surface area contributed by atoms with Crippen LogP contribution in [0.4, 0.5) is 4.79 Å². The van der Waals surface area contributed by atoms with Crippen LogP contribution in [0.15, 0.2) is 65.6 Å². The molecule has 1 aliphatic heterocycles. The Kier molecular flexibility index (Phi) is 7.64. The number of benzene rings is 2. The number of hydrogen-bond acceptors (Lipinski definition) is 6. The number of esters is 1. The summed E-state index contributed by atoms with van der Waals surface area (Å²) in [5.74, 6) is -0.326. The average Bonchev–Trinajstić information content (AvgIpc) is 3.27. The lowest BCUT2D eigenvalue weighted by molar-refractivity contribution is -0.149. The van der Waals surface area contributed by atoms with Crippen molar-refractivity contribution in [2.45, 2.75) is 40.4 Å². The van der Waals surface area contributed by atoms with Gasteiger partial charge in [-0.3, -0.25) is 19.3 Å². The lowest BCUT2D eigenvalue weighted by Crippen LogP contribution is -2.35. The first-order valence-corrected chi connectivity index (χ1v) is 12.5. The first-order chi connectivity index (χ1) is 17.2. The van der Waals surface area contributed by atoms with Gasteiger partial charge in [-0.1, -0.05) is 30.3 Å². The summed E-state index contributed by atoms with van der Waals surface area (Å²) >= 11 is 0.828. The fourth-order valence-corrected chi connectivity index (χ4v) is 4.80. The van der Waals surface area contributed by atoms with Gasteiger partial charge in [-0.15, -0.1) is 0 Å². The summed E-state index contributed by atoms with van der Waals surface area (Å²) in [5, 5.41) is -0.480. The molecule has 1 fully saturated rings. The second-order valence-electron chi connectivity index (χ2n) is 8.74. The summed E-state index contributed by atoms with van der Waals surface area (Å²) < 4.78 is 13.0. The van der Waals surface area contributed by atoms with E-state index >= 15 is 0 Å². The normalized spacial score (nSPS) is 14.7. The van der Waals surface area contributed by atoms with Gasteiger partial charge >= 0.3 is 5.97 Å². The van der Waals surface area contributed by atoms with E-state index in [0.717, 1.165) is 50.6 Å². The smallest absolute Gasteiger partial charge is 0.326 e. The molecule has 186 valence electrons. The number of amides is 2. The van der Waals surface area contributed by atoms with E-state index in [1.165, 1.54) is 0 Å². The maximum atomic E-state index is 12.8. The van der Waals surface area contributed by atoms with Crippen LogP contribution >= 0.6 is 11.8 Å². The molecule has 1 saturated heterocycles. The number of aromatic nitrogens is 1. The number of hydrogen-bond donors (Lipinski definition) is 0. The van der Waals surface area contributed by atoms with Crippen LogP contribution in [0, 0.1) is 13.8 Å². The minimum Gasteiger partial charge on any atom is -0.489 e. The van der Waals surface area contributed by atoms with Crippen molar-refractivity contribution in [3.8, 4) is 11.4 Å². The Hall–Kier alpha value is -3.78. The van der Waals surface area contributed by atoms with E-state index in [2.05, 4.69) is 4.57 Å². The van der Waals surface area contributed by atoms with Crippen LogP contribution in [-0.4, -0.2) is 39.2 Å². The number of ether oxygens (including phenoxy) is 2. The second kappa shape index (κ2) is 10.9. The number of rotatable bonds is 8. The van der Waals surface area contributed by atoms with Crippen LogP contribution in [0.5, 0.6) is 5.75 Å². The molecule has 0 unspecified atom stereocenters. The lowest BCUT2D eigenvalue weighted by Gasteiger charge is -2.13. The fourth-order valence-electron chi connectivity index (χ4n) is 3.97. The molecule has 36 heavy (non-hydrogen) atoms. The largest absolute Gasteiger partial charge is 0.489 e. The molecular weight excluding hydrogens is 476 g/mol. The minimum absolute atomic E-state index is 0.280. The SMILES string of the molecule is Cc1cc(/C=C2/SC(=O)N(CC(=O)OC(C)C)C2=O)c(C)n1-c1ccc(OCc2ccccc2)cc1. The molecule has 2 aromatic carbocycles. The molecule has 3 aromatic rings. The van der Waals surface area contributed by atoms with E-state index < -0.39 is 23.7 Å². The van der Waals surface area contributed by atoms with Crippen molar-refractivity contribution in [2.24, 2.45) is 0 Å². The summed E-state index contributed by atoms with van der Waals surface area (Å²) in [5.41, 5.74) is 4.80. The quantitative estimate of drug-likeness (QED) is 0.291. The number of carbonyl (C=O) groups is 3. The maximum Gasteiger partial charge on any atom is 0.326 e. The molecule has 1 aromatic heterocycles. The van der Waals surface area contributed by atoms with Gasteiger partial charge in [0.05, 0.1) is 11.0 Å². The fraction of sp³-hybridized carbons (Fsp3) is 0.250. The van der Waals surface area contributed by atoms with Gasteiger partial charge in [0.2, 0.25) is 0 Å². The third-order valence-electron chi connectivity index (χ3n) is 5.63. The topological polar surface area (TPSA) is 77.8 Å². The highest BCUT2D eigenvalue weighted by Gasteiger charge is 2.37. The summed E-state index contributed by atoms with van der Waals surface area (Å²) in [6.45, 7) is 7.48. The Balaban J connectivity index is 1.49. The Morgan fingerprint density at radius 2 is 1.72 bits per heavy atom. The summed E-state index contributed by atoms with van der Waals surface area (Å²) in [6.07, 6.45) is 1.39. The summed E-state index contributed by atoms with van der Waals surface area (Å²) in [6, 6.07) is 19.8. The van der Waals surface area contributed by atoms with Gasteiger partial charge in [0.25, 0.3) is 11.1 Å². The zero-order valence-electron chi connectivity index (χ0n) is 20.7. The van der Waals surface area contributed by atoms with Gasteiger partial charge in [0.15, 0.2) is 0 Å². The molecule has 0 radical (unpaired) electrons. The van der Waals surface area contributed by atoms with Gasteiger partial charge in [-0.2, -0.15) is 0 Å². The number of aryl methyl sites for hydroxylation is 1. The van der Waals surface area contributed by atoms with Crippen LogP contribution in [0.25, 0.3) is 11.8 Å². The Bertz CT molecular complexity index is 1310. The van der Waals surface area contributed by atoms with Crippen molar-refractivity contribution in [1.82, 2.24) is 9.47 Å². The monoisotopic (exact) mass is 504 g/mol. The highest BCUT2D eigenvalue weighted by atomic mass is 32.2. The van der Waals surface area contributed by atoms with Crippen LogP contribution in [-0.2, 0) is 20.9 Å². The first-order valence-electron chi connectivity index (χ1n) is 11.6. The standard InChI is InChI=1S/C28H28N2O5S/c1-18(2)35-26(31)16-29-27(32)25(36-28(29)33)15-22-14-19(3)30(20(22)4)23-10-12-24(13-11-23)34-17-21-8-6-5-7-9-21/h5-15,18H,16-17H2,1-4H3/b25-15+. The molecule has 0 aliphatic carbocycles. The summed E-state index contributed by atoms with van der Waals surface area (Å²) in [4.78, 5) is 38.3. The van der Waals surface area contributed by atoms with Crippen LogP contribution in [0.2, 0.25) is 0 Å². The van der Waals surface area contributed by atoms with Crippen molar-refractivity contribution >= 4 is 35.0 Å². The van der Waals surface area contributed by atoms with E-state index in [0.29, 0.717) is 6.61 Å². The molecule has 2 amide bonds. The Morgan fingerprint density at radius 3 is 2.39 bits per heavy atom. The third-order valence-corrected chi connectivity index (χ3v) is 6.54. The molecule has 0 N–H and O–H groups in total. The average molecular weight is 505 g/mol. The van der Waals surface area contributed by atoms with Crippen LogP contribution in [0.1, 0.15) is 36.4 Å². The minimum atomic E-state index is -0.608. The van der Waals surface area contributed by atoms with E-state index in [1.807, 2.05) is 74.5 Å². The predicted molar refractivity (Wildman–Crippen MR) is 140 cm³/mol. The zero-order chi connectivity index (χ0) is 25.8. The number of nitrogens with zero attached hydrogens (tertiary/aromatic N) is 2. The first kappa shape index (κ1) is 25.3. The predicted octanol–water partition coefficient (Wildman–Crippen LogP) is 5.66. The van der Waals surface area contributed by atoms with Crippen molar-refractivity contribution < 1.29 is 23.9 Å². The van der Waals surface area contributed by atoms with Crippen molar-refractivity contribution in [3.05, 3.63) is 88.1 Å². The molecule has 2 heterocycles. The molecule has 0 saturated carbocycles. The second-order valence-corrected chi connectivity index (χ2v) is 9.73. The highest BCUT2D eigenvalue weighted by Crippen LogP contribution is 2.34. The molecule has 7 nitrogen and oxygen atoms in total. The molecule has 0 bridgehead atoms. The molecule has 4 rings (SSSR count). The molecular formula is C28H28N2O5S. The zero-order valence-corrected chi connectivity index (χ0v) is 21.5. The van der Waals surface area contributed by atoms with Gasteiger partial charge in [-0.05, 0) is 87.0 Å². The van der Waals surface area contributed by atoms with Gasteiger partial charge in [0, 0.05) is 17.1 Å². The number of imide groups is 1. The Morgan fingerprint density at radius 1 is 1.03 bits per heavy atom. The van der Waals surface area contributed by atoms with Crippen molar-refractivity contribution in [1.29, 1.82) is 0 Å². The highest BCUT2D eigenvalue weighted by molar-refractivity contribution is 8.18. The molecule has 8 heteroatoms. The number of carbonyl (C=O) groups excluding carboxylic acids is 3. The van der Waals surface area contributed by atoms with Crippen LogP contribution in [0.3, 0.4) is 0 Å². The lowest BCUT2D eigenvalue weighted by atomic mass is 10.2. The number of thioether (sulfide) groups is 1. The molecule has 0 atom stereocenters. The van der Waals surface area contributed by atoms with Crippen molar-refractivity contribution in [2.75, 3.05) is 6.54 Å². The van der Waals surface area contributed by atoms with Gasteiger partial charge < -0.3 is 14.0 Å².